The van der Waals surface area contributed by atoms with Gasteiger partial charge in [-0.25, -0.2) is 0 Å². The third kappa shape index (κ3) is 8.32. The fraction of sp³-hybridized carbons (Fsp3) is 0.323. The molecule has 1 amide bonds. The van der Waals surface area contributed by atoms with E-state index in [-0.39, 0.29) is 30.2 Å². The zero-order valence-corrected chi connectivity index (χ0v) is 24.2. The molecular formula is C31H37ClN2O5. The number of carbonyl (C=O) groups excluding carboxylic acids is 1. The molecule has 1 N–H and O–H groups in total. The minimum atomic E-state index is -0.283. The van der Waals surface area contributed by atoms with E-state index in [1.54, 1.807) is 26.4 Å². The number of benzene rings is 3. The van der Waals surface area contributed by atoms with Crippen LogP contribution >= 0.6 is 11.6 Å². The van der Waals surface area contributed by atoms with E-state index >= 15 is 0 Å². The summed E-state index contributed by atoms with van der Waals surface area (Å²) in [5.74, 6) is 1.98. The van der Waals surface area contributed by atoms with E-state index in [0.29, 0.717) is 17.1 Å². The van der Waals surface area contributed by atoms with Crippen LogP contribution in [-0.4, -0.2) is 45.2 Å². The number of amides is 1. The van der Waals surface area contributed by atoms with E-state index in [0.717, 1.165) is 34.6 Å². The van der Waals surface area contributed by atoms with Crippen LogP contribution in [0.1, 0.15) is 41.8 Å². The summed E-state index contributed by atoms with van der Waals surface area (Å²) in [5.41, 5.74) is 3.22. The van der Waals surface area contributed by atoms with Gasteiger partial charge in [-0.05, 0) is 72.6 Å². The molecule has 0 saturated heterocycles. The van der Waals surface area contributed by atoms with Gasteiger partial charge in [-0.2, -0.15) is 0 Å². The Morgan fingerprint density at radius 2 is 1.44 bits per heavy atom. The zero-order chi connectivity index (χ0) is 28.4. The topological polar surface area (TPSA) is 69.3 Å². The smallest absolute Gasteiger partial charge is 0.253 e. The number of nitrogens with one attached hydrogen (secondary N) is 1. The first-order valence-electron chi connectivity index (χ1n) is 12.7. The Labute approximate surface area is 236 Å². The molecule has 0 aromatic heterocycles. The van der Waals surface area contributed by atoms with Crippen LogP contribution in [-0.2, 0) is 13.2 Å². The average molecular weight is 553 g/mol. The maximum Gasteiger partial charge on any atom is 0.253 e. The molecule has 3 aromatic rings. The lowest BCUT2D eigenvalue weighted by atomic mass is 10.1. The molecule has 0 unspecified atom stereocenters. The lowest BCUT2D eigenvalue weighted by Gasteiger charge is -2.21. The molecule has 0 saturated carbocycles. The van der Waals surface area contributed by atoms with E-state index in [9.17, 15) is 4.79 Å². The maximum absolute atomic E-state index is 13.3. The monoisotopic (exact) mass is 552 g/mol. The van der Waals surface area contributed by atoms with Crippen molar-refractivity contribution in [2.45, 2.75) is 39.5 Å². The molecule has 0 radical (unpaired) electrons. The zero-order valence-electron chi connectivity index (χ0n) is 23.4. The minimum Gasteiger partial charge on any atom is -0.497 e. The van der Waals surface area contributed by atoms with Crippen molar-refractivity contribution in [2.75, 3.05) is 28.3 Å². The Morgan fingerprint density at radius 1 is 0.897 bits per heavy atom. The molecule has 0 fully saturated rings. The van der Waals surface area contributed by atoms with Crippen molar-refractivity contribution in [2.24, 2.45) is 0 Å². The molecule has 3 aromatic carbocycles. The van der Waals surface area contributed by atoms with Crippen molar-refractivity contribution in [3.8, 4) is 23.0 Å². The van der Waals surface area contributed by atoms with Gasteiger partial charge < -0.3 is 29.2 Å². The second-order valence-corrected chi connectivity index (χ2v) is 9.68. The summed E-state index contributed by atoms with van der Waals surface area (Å²) in [7, 11) is 7.15. The van der Waals surface area contributed by atoms with Crippen molar-refractivity contribution >= 4 is 17.5 Å². The predicted octanol–water partition coefficient (Wildman–Crippen LogP) is 6.49. The summed E-state index contributed by atoms with van der Waals surface area (Å²) < 4.78 is 22.7. The van der Waals surface area contributed by atoms with Gasteiger partial charge in [0.2, 0.25) is 0 Å². The number of halogens is 1. The Hall–Kier alpha value is -3.84. The van der Waals surface area contributed by atoms with Gasteiger partial charge in [0.1, 0.15) is 24.7 Å². The molecular weight excluding hydrogens is 516 g/mol. The molecule has 39 heavy (non-hydrogen) atoms. The van der Waals surface area contributed by atoms with E-state index in [1.165, 1.54) is 0 Å². The number of carbonyl (C=O) groups is 1. The lowest BCUT2D eigenvalue weighted by Crippen LogP contribution is -2.36. The standard InChI is InChI=1S/C31H37ClN2O5/c1-7-27(21(2)18-34(3)4)33-31(35)26-16-17-28(38-19-22-8-12-24(36-5)13-9-22)30(29(26)32)39-20-23-10-14-25(37-6)15-11-23/h8-18,27H,7,19-20H2,1-6H3,(H,33,35)/b21-18+/t27-/m1/s1. The molecule has 0 aliphatic heterocycles. The molecule has 1 atom stereocenters. The van der Waals surface area contributed by atoms with Crippen LogP contribution in [0, 0.1) is 0 Å². The van der Waals surface area contributed by atoms with E-state index in [2.05, 4.69) is 5.32 Å². The largest absolute Gasteiger partial charge is 0.497 e. The SMILES string of the molecule is CC[C@@H](NC(=O)c1ccc(OCc2ccc(OC)cc2)c(OCc2ccc(OC)cc2)c1Cl)/C(C)=C/N(C)C. The van der Waals surface area contributed by atoms with Gasteiger partial charge in [-0.1, -0.05) is 42.8 Å². The first kappa shape index (κ1) is 29.7. The van der Waals surface area contributed by atoms with Gasteiger partial charge in [0, 0.05) is 14.1 Å². The summed E-state index contributed by atoms with van der Waals surface area (Å²) in [6, 6.07) is 18.4. The van der Waals surface area contributed by atoms with Gasteiger partial charge in [-0.3, -0.25) is 4.79 Å². The van der Waals surface area contributed by atoms with Crippen LogP contribution in [0.3, 0.4) is 0 Å². The number of hydrogen-bond acceptors (Lipinski definition) is 6. The molecule has 0 spiro atoms. The summed E-state index contributed by atoms with van der Waals surface area (Å²) in [6.45, 7) is 4.54. The second-order valence-electron chi connectivity index (χ2n) is 9.30. The van der Waals surface area contributed by atoms with E-state index in [4.69, 9.17) is 30.5 Å². The Balaban J connectivity index is 1.87. The highest BCUT2D eigenvalue weighted by atomic mass is 35.5. The van der Waals surface area contributed by atoms with Crippen molar-refractivity contribution in [1.29, 1.82) is 0 Å². The van der Waals surface area contributed by atoms with Gasteiger partial charge in [0.05, 0.1) is 30.8 Å². The Kier molecular flexibility index (Phi) is 10.9. The Bertz CT molecular complexity index is 1260. The van der Waals surface area contributed by atoms with Crippen molar-refractivity contribution in [1.82, 2.24) is 10.2 Å². The fourth-order valence-corrected chi connectivity index (χ4v) is 4.29. The Morgan fingerprint density at radius 3 is 1.92 bits per heavy atom. The summed E-state index contributed by atoms with van der Waals surface area (Å²) in [5, 5.41) is 3.28. The van der Waals surface area contributed by atoms with E-state index < -0.39 is 0 Å². The number of nitrogens with zero attached hydrogens (tertiary/aromatic N) is 1. The molecule has 0 heterocycles. The predicted molar refractivity (Wildman–Crippen MR) is 155 cm³/mol. The molecule has 0 bridgehead atoms. The lowest BCUT2D eigenvalue weighted by molar-refractivity contribution is 0.0941. The number of hydrogen-bond donors (Lipinski definition) is 1. The first-order valence-corrected chi connectivity index (χ1v) is 13.1. The highest BCUT2D eigenvalue weighted by Gasteiger charge is 2.22. The van der Waals surface area contributed by atoms with Crippen LogP contribution in [0.4, 0.5) is 0 Å². The molecule has 208 valence electrons. The van der Waals surface area contributed by atoms with Gasteiger partial charge in [-0.15, -0.1) is 0 Å². The molecule has 0 aliphatic rings. The van der Waals surface area contributed by atoms with Crippen LogP contribution < -0.4 is 24.3 Å². The maximum atomic E-state index is 13.3. The number of rotatable bonds is 13. The normalized spacial score (nSPS) is 11.9. The summed E-state index contributed by atoms with van der Waals surface area (Å²) in [4.78, 5) is 15.3. The second kappa shape index (κ2) is 14.4. The van der Waals surface area contributed by atoms with Crippen LogP contribution in [0.25, 0.3) is 0 Å². The number of methoxy groups -OCH3 is 2. The van der Waals surface area contributed by atoms with Crippen LogP contribution in [0.2, 0.25) is 5.02 Å². The third-order valence-electron chi connectivity index (χ3n) is 6.13. The van der Waals surface area contributed by atoms with Crippen molar-refractivity contribution in [3.63, 3.8) is 0 Å². The fourth-order valence-electron chi connectivity index (χ4n) is 3.99. The van der Waals surface area contributed by atoms with Crippen molar-refractivity contribution < 1.29 is 23.7 Å². The summed E-state index contributed by atoms with van der Waals surface area (Å²) >= 11 is 6.81. The van der Waals surface area contributed by atoms with Crippen LogP contribution in [0.15, 0.2) is 72.4 Å². The molecule has 7 nitrogen and oxygen atoms in total. The number of ether oxygens (including phenoxy) is 4. The highest BCUT2D eigenvalue weighted by molar-refractivity contribution is 6.35. The molecule has 8 heteroatoms. The van der Waals surface area contributed by atoms with Gasteiger partial charge in [0.25, 0.3) is 5.91 Å². The summed E-state index contributed by atoms with van der Waals surface area (Å²) in [6.07, 6.45) is 2.74. The van der Waals surface area contributed by atoms with Crippen molar-refractivity contribution in [3.05, 3.63) is 94.1 Å². The van der Waals surface area contributed by atoms with Gasteiger partial charge >= 0.3 is 0 Å². The van der Waals surface area contributed by atoms with Crippen LogP contribution in [0.5, 0.6) is 23.0 Å². The average Bonchev–Trinajstić information content (AvgIpc) is 2.94. The van der Waals surface area contributed by atoms with E-state index in [1.807, 2.05) is 87.6 Å². The quantitative estimate of drug-likeness (QED) is 0.261. The third-order valence-corrected chi connectivity index (χ3v) is 6.50. The highest BCUT2D eigenvalue weighted by Crippen LogP contribution is 2.39. The molecule has 3 rings (SSSR count). The van der Waals surface area contributed by atoms with Gasteiger partial charge in [0.15, 0.2) is 11.5 Å². The molecule has 0 aliphatic carbocycles. The first-order chi connectivity index (χ1) is 18.7. The minimum absolute atomic E-state index is 0.134.